The Labute approximate surface area is 177 Å². The number of benzene rings is 2. The van der Waals surface area contributed by atoms with Crippen molar-refractivity contribution in [3.05, 3.63) is 64.8 Å². The number of halogens is 1. The SMILES string of the molecule is CCn1c(C#CNc2ccc(Cl)cc2)cc2cc(CNC3CCOCC3)ccc21. The normalized spacial score (nSPS) is 14.6. The van der Waals surface area contributed by atoms with Crippen LogP contribution in [0.2, 0.25) is 5.02 Å². The first-order valence-corrected chi connectivity index (χ1v) is 10.6. The van der Waals surface area contributed by atoms with E-state index in [4.69, 9.17) is 16.3 Å². The molecule has 1 aromatic heterocycles. The topological polar surface area (TPSA) is 38.2 Å². The first kappa shape index (κ1) is 19.8. The van der Waals surface area contributed by atoms with E-state index in [0.29, 0.717) is 6.04 Å². The lowest BCUT2D eigenvalue weighted by molar-refractivity contribution is 0.0776. The van der Waals surface area contributed by atoms with Crippen LogP contribution in [0.25, 0.3) is 10.9 Å². The largest absolute Gasteiger partial charge is 0.381 e. The van der Waals surface area contributed by atoms with Crippen LogP contribution < -0.4 is 10.6 Å². The van der Waals surface area contributed by atoms with Crippen LogP contribution in [0.1, 0.15) is 31.0 Å². The number of rotatable bonds is 5. The Bertz CT molecular complexity index is 1020. The molecule has 0 radical (unpaired) electrons. The number of aromatic nitrogens is 1. The Morgan fingerprint density at radius 2 is 1.90 bits per heavy atom. The second kappa shape index (κ2) is 9.37. The van der Waals surface area contributed by atoms with Gasteiger partial charge < -0.3 is 19.9 Å². The van der Waals surface area contributed by atoms with Crippen molar-refractivity contribution >= 4 is 28.2 Å². The maximum Gasteiger partial charge on any atom is 0.0949 e. The number of aryl methyl sites for hydroxylation is 1. The van der Waals surface area contributed by atoms with Gasteiger partial charge in [-0.2, -0.15) is 0 Å². The van der Waals surface area contributed by atoms with E-state index < -0.39 is 0 Å². The monoisotopic (exact) mass is 407 g/mol. The number of hydrogen-bond acceptors (Lipinski definition) is 3. The molecule has 4 nitrogen and oxygen atoms in total. The van der Waals surface area contributed by atoms with E-state index in [-0.39, 0.29) is 0 Å². The fraction of sp³-hybridized carbons (Fsp3) is 0.333. The van der Waals surface area contributed by atoms with E-state index in [9.17, 15) is 0 Å². The lowest BCUT2D eigenvalue weighted by Gasteiger charge is -2.23. The summed E-state index contributed by atoms with van der Waals surface area (Å²) in [5.41, 5.74) is 4.47. The van der Waals surface area contributed by atoms with Crippen LogP contribution in [0, 0.1) is 12.0 Å². The zero-order chi connectivity index (χ0) is 20.1. The highest BCUT2D eigenvalue weighted by Crippen LogP contribution is 2.22. The van der Waals surface area contributed by atoms with Crippen LogP contribution >= 0.6 is 11.6 Å². The molecule has 29 heavy (non-hydrogen) atoms. The summed E-state index contributed by atoms with van der Waals surface area (Å²) in [5.74, 6) is 3.26. The van der Waals surface area contributed by atoms with Crippen molar-refractivity contribution in [3.8, 4) is 12.0 Å². The minimum Gasteiger partial charge on any atom is -0.381 e. The van der Waals surface area contributed by atoms with E-state index in [2.05, 4.69) is 58.4 Å². The summed E-state index contributed by atoms with van der Waals surface area (Å²) >= 11 is 5.93. The molecule has 150 valence electrons. The van der Waals surface area contributed by atoms with Gasteiger partial charge in [0.15, 0.2) is 0 Å². The van der Waals surface area contributed by atoms with Crippen molar-refractivity contribution in [2.75, 3.05) is 18.5 Å². The zero-order valence-corrected chi connectivity index (χ0v) is 17.4. The maximum absolute atomic E-state index is 5.93. The number of fused-ring (bicyclic) bond motifs is 1. The second-order valence-corrected chi connectivity index (χ2v) is 7.75. The summed E-state index contributed by atoms with van der Waals surface area (Å²) in [5, 5.41) is 8.74. The maximum atomic E-state index is 5.93. The Morgan fingerprint density at radius 3 is 2.66 bits per heavy atom. The molecule has 3 aromatic rings. The van der Waals surface area contributed by atoms with Crippen molar-refractivity contribution in [1.29, 1.82) is 0 Å². The van der Waals surface area contributed by atoms with Crippen LogP contribution in [0.15, 0.2) is 48.5 Å². The van der Waals surface area contributed by atoms with Gasteiger partial charge in [0.05, 0.1) is 5.69 Å². The Hall–Kier alpha value is -2.45. The molecular weight excluding hydrogens is 382 g/mol. The van der Waals surface area contributed by atoms with Crippen molar-refractivity contribution in [1.82, 2.24) is 9.88 Å². The van der Waals surface area contributed by atoms with Gasteiger partial charge in [0.25, 0.3) is 0 Å². The number of nitrogens with one attached hydrogen (secondary N) is 2. The summed E-state index contributed by atoms with van der Waals surface area (Å²) < 4.78 is 7.69. The summed E-state index contributed by atoms with van der Waals surface area (Å²) in [7, 11) is 0. The third-order valence-electron chi connectivity index (χ3n) is 5.34. The third-order valence-corrected chi connectivity index (χ3v) is 5.59. The van der Waals surface area contributed by atoms with Crippen LogP contribution in [-0.4, -0.2) is 23.8 Å². The molecule has 1 aliphatic heterocycles. The highest BCUT2D eigenvalue weighted by Gasteiger charge is 2.13. The average molecular weight is 408 g/mol. The quantitative estimate of drug-likeness (QED) is 0.461. The third kappa shape index (κ3) is 4.94. The molecule has 1 saturated heterocycles. The Balaban J connectivity index is 1.49. The van der Waals surface area contributed by atoms with E-state index in [1.54, 1.807) is 0 Å². The average Bonchev–Trinajstić information content (AvgIpc) is 3.11. The molecule has 0 unspecified atom stereocenters. The van der Waals surface area contributed by atoms with E-state index in [0.717, 1.165) is 55.5 Å². The molecule has 0 amide bonds. The Morgan fingerprint density at radius 1 is 1.10 bits per heavy atom. The van der Waals surface area contributed by atoms with Crippen LogP contribution in [-0.2, 0) is 17.8 Å². The van der Waals surface area contributed by atoms with Gasteiger partial charge in [-0.05, 0) is 73.7 Å². The molecule has 0 bridgehead atoms. The molecule has 0 atom stereocenters. The molecule has 2 N–H and O–H groups in total. The molecule has 1 fully saturated rings. The minimum atomic E-state index is 0.556. The smallest absolute Gasteiger partial charge is 0.0949 e. The van der Waals surface area contributed by atoms with Gasteiger partial charge in [-0.1, -0.05) is 17.7 Å². The summed E-state index contributed by atoms with van der Waals surface area (Å²) in [4.78, 5) is 0. The second-order valence-electron chi connectivity index (χ2n) is 7.32. The number of anilines is 1. The molecule has 5 heteroatoms. The van der Waals surface area contributed by atoms with Gasteiger partial charge in [0, 0.05) is 60.0 Å². The van der Waals surface area contributed by atoms with Crippen molar-refractivity contribution in [2.24, 2.45) is 0 Å². The van der Waals surface area contributed by atoms with Crippen LogP contribution in [0.3, 0.4) is 0 Å². The van der Waals surface area contributed by atoms with Crippen LogP contribution in [0.4, 0.5) is 5.69 Å². The lowest BCUT2D eigenvalue weighted by Crippen LogP contribution is -2.34. The lowest BCUT2D eigenvalue weighted by atomic mass is 10.1. The van der Waals surface area contributed by atoms with Gasteiger partial charge in [-0.25, -0.2) is 0 Å². The molecule has 0 spiro atoms. The predicted molar refractivity (Wildman–Crippen MR) is 120 cm³/mol. The molecule has 0 saturated carbocycles. The fourth-order valence-electron chi connectivity index (χ4n) is 3.74. The van der Waals surface area contributed by atoms with Crippen molar-refractivity contribution in [2.45, 2.75) is 38.9 Å². The van der Waals surface area contributed by atoms with Crippen molar-refractivity contribution in [3.63, 3.8) is 0 Å². The first-order valence-electron chi connectivity index (χ1n) is 10.2. The molecule has 4 rings (SSSR count). The van der Waals surface area contributed by atoms with E-state index in [1.165, 1.54) is 16.5 Å². The van der Waals surface area contributed by atoms with Crippen molar-refractivity contribution < 1.29 is 4.74 Å². The molecule has 1 aliphatic rings. The summed E-state index contributed by atoms with van der Waals surface area (Å²) in [6, 6.07) is 20.0. The van der Waals surface area contributed by atoms with Gasteiger partial charge in [0.1, 0.15) is 0 Å². The fourth-order valence-corrected chi connectivity index (χ4v) is 3.87. The van der Waals surface area contributed by atoms with Gasteiger partial charge in [-0.15, -0.1) is 0 Å². The highest BCUT2D eigenvalue weighted by atomic mass is 35.5. The highest BCUT2D eigenvalue weighted by molar-refractivity contribution is 6.30. The molecule has 0 aliphatic carbocycles. The van der Waals surface area contributed by atoms with Crippen LogP contribution in [0.5, 0.6) is 0 Å². The summed E-state index contributed by atoms with van der Waals surface area (Å²) in [6.07, 6.45) is 2.18. The number of hydrogen-bond donors (Lipinski definition) is 2. The van der Waals surface area contributed by atoms with Gasteiger partial charge in [-0.3, -0.25) is 0 Å². The van der Waals surface area contributed by atoms with E-state index in [1.807, 2.05) is 24.3 Å². The van der Waals surface area contributed by atoms with E-state index >= 15 is 0 Å². The van der Waals surface area contributed by atoms with Gasteiger partial charge in [0.2, 0.25) is 0 Å². The standard InChI is InChI=1S/C24H26ClN3O/c1-2-28-23(9-12-26-21-6-4-20(25)5-7-21)16-19-15-18(3-8-24(19)28)17-27-22-10-13-29-14-11-22/h3-8,15-16,22,26-27H,2,10-11,13-14,17H2,1H3. The molecule has 2 heterocycles. The Kier molecular flexibility index (Phi) is 6.41. The molecular formula is C24H26ClN3O. The summed E-state index contributed by atoms with van der Waals surface area (Å²) in [6.45, 7) is 5.65. The number of ether oxygens (including phenoxy) is 1. The number of nitrogens with zero attached hydrogens (tertiary/aromatic N) is 1. The zero-order valence-electron chi connectivity index (χ0n) is 16.7. The first-order chi connectivity index (χ1) is 14.2. The van der Waals surface area contributed by atoms with Gasteiger partial charge >= 0.3 is 0 Å². The predicted octanol–water partition coefficient (Wildman–Crippen LogP) is 5.00. The molecule has 2 aromatic carbocycles. The minimum absolute atomic E-state index is 0.556.